The average Bonchev–Trinajstić information content (AvgIpc) is 2.80. The van der Waals surface area contributed by atoms with Gasteiger partial charge >= 0.3 is 0 Å². The number of hydrazone groups is 1. The smallest absolute Gasteiger partial charge is 0.275 e. The van der Waals surface area contributed by atoms with Gasteiger partial charge in [0.25, 0.3) is 5.91 Å². The summed E-state index contributed by atoms with van der Waals surface area (Å²) in [7, 11) is 2.99. The second kappa shape index (κ2) is 11.6. The van der Waals surface area contributed by atoms with E-state index in [-0.39, 0.29) is 6.61 Å². The zero-order valence-electron chi connectivity index (χ0n) is 17.5. The minimum absolute atomic E-state index is 0.213. The van der Waals surface area contributed by atoms with Crippen molar-refractivity contribution in [1.29, 1.82) is 0 Å². The van der Waals surface area contributed by atoms with E-state index in [0.29, 0.717) is 43.4 Å². The summed E-state index contributed by atoms with van der Waals surface area (Å²) in [5.41, 5.74) is 4.22. The summed E-state index contributed by atoms with van der Waals surface area (Å²) in [4.78, 5) is 12.5. The SMILES string of the molecule is COc1ccc(Br)cc1C(=O)N/N=C\c1cc(Cl)c(OCc2ccc(Cl)c(Cl)c2)c(OC)c1. The van der Waals surface area contributed by atoms with Crippen LogP contribution in [-0.4, -0.2) is 26.3 Å². The van der Waals surface area contributed by atoms with Crippen LogP contribution in [0.25, 0.3) is 0 Å². The first-order valence-corrected chi connectivity index (χ1v) is 11.4. The van der Waals surface area contributed by atoms with Gasteiger partial charge in [-0.05, 0) is 53.6 Å². The largest absolute Gasteiger partial charge is 0.496 e. The molecule has 0 unspecified atom stereocenters. The number of halogens is 4. The van der Waals surface area contributed by atoms with Crippen molar-refractivity contribution in [1.82, 2.24) is 5.43 Å². The van der Waals surface area contributed by atoms with E-state index in [1.165, 1.54) is 20.4 Å². The van der Waals surface area contributed by atoms with E-state index in [1.807, 2.05) is 0 Å². The van der Waals surface area contributed by atoms with Gasteiger partial charge in [-0.2, -0.15) is 5.10 Å². The number of carbonyl (C=O) groups is 1. The first-order chi connectivity index (χ1) is 15.8. The monoisotopic (exact) mass is 570 g/mol. The summed E-state index contributed by atoms with van der Waals surface area (Å²) in [5.74, 6) is 0.775. The van der Waals surface area contributed by atoms with Gasteiger partial charge in [0.05, 0.1) is 41.1 Å². The molecular weight excluding hydrogens is 555 g/mol. The Hall–Kier alpha value is -2.45. The van der Waals surface area contributed by atoms with Crippen LogP contribution in [0.5, 0.6) is 17.2 Å². The number of carbonyl (C=O) groups excluding carboxylic acids is 1. The van der Waals surface area contributed by atoms with Crippen molar-refractivity contribution in [3.63, 3.8) is 0 Å². The van der Waals surface area contributed by atoms with E-state index in [9.17, 15) is 4.79 Å². The maximum atomic E-state index is 12.5. The minimum atomic E-state index is -0.427. The first-order valence-electron chi connectivity index (χ1n) is 9.43. The van der Waals surface area contributed by atoms with Gasteiger partial charge in [0, 0.05) is 4.47 Å². The van der Waals surface area contributed by atoms with Crippen LogP contribution in [0.4, 0.5) is 0 Å². The Morgan fingerprint density at radius 3 is 2.42 bits per heavy atom. The molecule has 0 aliphatic heterocycles. The maximum Gasteiger partial charge on any atom is 0.275 e. The van der Waals surface area contributed by atoms with E-state index in [0.717, 1.165) is 10.0 Å². The number of hydrogen-bond donors (Lipinski definition) is 1. The summed E-state index contributed by atoms with van der Waals surface area (Å²) in [6.07, 6.45) is 1.44. The normalized spacial score (nSPS) is 10.8. The lowest BCUT2D eigenvalue weighted by Crippen LogP contribution is -2.18. The molecule has 1 amide bonds. The van der Waals surface area contributed by atoms with Gasteiger partial charge in [-0.1, -0.05) is 56.8 Å². The van der Waals surface area contributed by atoms with Crippen molar-refractivity contribution in [2.45, 2.75) is 6.61 Å². The van der Waals surface area contributed by atoms with Gasteiger partial charge < -0.3 is 14.2 Å². The minimum Gasteiger partial charge on any atom is -0.496 e. The molecule has 3 aromatic carbocycles. The number of ether oxygens (including phenoxy) is 3. The average molecular weight is 573 g/mol. The van der Waals surface area contributed by atoms with Gasteiger partial charge in [-0.3, -0.25) is 4.79 Å². The molecule has 0 saturated heterocycles. The highest BCUT2D eigenvalue weighted by atomic mass is 79.9. The summed E-state index contributed by atoms with van der Waals surface area (Å²) in [5, 5.41) is 5.22. The first kappa shape index (κ1) is 25.2. The highest BCUT2D eigenvalue weighted by molar-refractivity contribution is 9.10. The molecule has 33 heavy (non-hydrogen) atoms. The molecule has 0 spiro atoms. The molecule has 0 fully saturated rings. The fourth-order valence-corrected chi connectivity index (χ4v) is 3.78. The Balaban J connectivity index is 1.72. The van der Waals surface area contributed by atoms with Gasteiger partial charge in [0.15, 0.2) is 11.5 Å². The predicted molar refractivity (Wildman–Crippen MR) is 135 cm³/mol. The lowest BCUT2D eigenvalue weighted by atomic mass is 10.2. The zero-order valence-corrected chi connectivity index (χ0v) is 21.3. The maximum absolute atomic E-state index is 12.5. The number of hydrogen-bond acceptors (Lipinski definition) is 5. The van der Waals surface area contributed by atoms with Gasteiger partial charge in [0.1, 0.15) is 12.4 Å². The van der Waals surface area contributed by atoms with Crippen molar-refractivity contribution < 1.29 is 19.0 Å². The molecule has 10 heteroatoms. The van der Waals surface area contributed by atoms with E-state index in [1.54, 1.807) is 48.5 Å². The molecule has 0 atom stereocenters. The molecule has 1 N–H and O–H groups in total. The number of methoxy groups -OCH3 is 2. The van der Waals surface area contributed by atoms with Gasteiger partial charge in [0.2, 0.25) is 0 Å². The molecule has 0 aromatic heterocycles. The lowest BCUT2D eigenvalue weighted by molar-refractivity contribution is 0.0952. The van der Waals surface area contributed by atoms with Crippen molar-refractivity contribution >= 4 is 62.9 Å². The van der Waals surface area contributed by atoms with Crippen LogP contribution < -0.4 is 19.6 Å². The van der Waals surface area contributed by atoms with E-state index in [4.69, 9.17) is 49.0 Å². The third kappa shape index (κ3) is 6.54. The van der Waals surface area contributed by atoms with E-state index in [2.05, 4.69) is 26.5 Å². The second-order valence-corrected chi connectivity index (χ2v) is 8.75. The molecule has 0 heterocycles. The Morgan fingerprint density at radius 2 is 1.73 bits per heavy atom. The van der Waals surface area contributed by atoms with Crippen molar-refractivity contribution in [3.05, 3.63) is 84.8 Å². The highest BCUT2D eigenvalue weighted by Crippen LogP contribution is 2.37. The van der Waals surface area contributed by atoms with Crippen molar-refractivity contribution in [2.75, 3.05) is 14.2 Å². The lowest BCUT2D eigenvalue weighted by Gasteiger charge is -2.13. The molecule has 0 bridgehead atoms. The second-order valence-electron chi connectivity index (χ2n) is 6.61. The molecule has 3 rings (SSSR count). The van der Waals surface area contributed by atoms with Crippen LogP contribution in [0.3, 0.4) is 0 Å². The molecule has 0 aliphatic rings. The molecule has 172 valence electrons. The standard InChI is InChI=1S/C23H18BrCl3N2O4/c1-31-20-6-4-15(24)10-16(20)23(30)29-28-11-14-8-19(27)22(21(9-14)32-2)33-12-13-3-5-17(25)18(26)7-13/h3-11H,12H2,1-2H3,(H,29,30)/b28-11-. The Morgan fingerprint density at radius 1 is 0.970 bits per heavy atom. The highest BCUT2D eigenvalue weighted by Gasteiger charge is 2.14. The molecular formula is C23H18BrCl3N2O4. The number of nitrogens with zero attached hydrogens (tertiary/aromatic N) is 1. The number of nitrogens with one attached hydrogen (secondary N) is 1. The van der Waals surface area contributed by atoms with Crippen LogP contribution in [0.2, 0.25) is 15.1 Å². The van der Waals surface area contributed by atoms with E-state index >= 15 is 0 Å². The van der Waals surface area contributed by atoms with Crippen molar-refractivity contribution in [3.8, 4) is 17.2 Å². The predicted octanol–water partition coefficient (Wildman–Crippen LogP) is 6.77. The van der Waals surface area contributed by atoms with Crippen LogP contribution in [0, 0.1) is 0 Å². The van der Waals surface area contributed by atoms with Gasteiger partial charge in [-0.25, -0.2) is 5.43 Å². The third-order valence-corrected chi connectivity index (χ3v) is 5.92. The number of amides is 1. The Kier molecular flexibility index (Phi) is 8.86. The van der Waals surface area contributed by atoms with Crippen LogP contribution in [0.1, 0.15) is 21.5 Å². The Bertz CT molecular complexity index is 1200. The molecule has 6 nitrogen and oxygen atoms in total. The third-order valence-electron chi connectivity index (χ3n) is 4.40. The molecule has 3 aromatic rings. The summed E-state index contributed by atoms with van der Waals surface area (Å²) in [6.45, 7) is 0.213. The van der Waals surface area contributed by atoms with Crippen LogP contribution in [-0.2, 0) is 6.61 Å². The number of rotatable bonds is 8. The number of benzene rings is 3. The summed E-state index contributed by atoms with van der Waals surface area (Å²) >= 11 is 21.7. The van der Waals surface area contributed by atoms with Gasteiger partial charge in [-0.15, -0.1) is 0 Å². The summed E-state index contributed by atoms with van der Waals surface area (Å²) in [6, 6.07) is 13.6. The zero-order chi connectivity index (χ0) is 24.0. The topological polar surface area (TPSA) is 69.2 Å². The molecule has 0 saturated carbocycles. The fourth-order valence-electron chi connectivity index (χ4n) is 2.82. The van der Waals surface area contributed by atoms with Crippen molar-refractivity contribution in [2.24, 2.45) is 5.10 Å². The quantitative estimate of drug-likeness (QED) is 0.239. The Labute approximate surface area is 214 Å². The summed E-state index contributed by atoms with van der Waals surface area (Å²) < 4.78 is 17.2. The van der Waals surface area contributed by atoms with Crippen LogP contribution >= 0.6 is 50.7 Å². The molecule has 0 aliphatic carbocycles. The molecule has 0 radical (unpaired) electrons. The van der Waals surface area contributed by atoms with E-state index < -0.39 is 5.91 Å². The van der Waals surface area contributed by atoms with Crippen LogP contribution in [0.15, 0.2) is 58.1 Å². The fraction of sp³-hybridized carbons (Fsp3) is 0.130.